The number of hydrogen-bond acceptors (Lipinski definition) is 4. The first-order valence-corrected chi connectivity index (χ1v) is 8.31. The van der Waals surface area contributed by atoms with E-state index in [2.05, 4.69) is 70.4 Å². The normalized spacial score (nSPS) is 10.4. The third-order valence-corrected chi connectivity index (χ3v) is 3.92. The molecule has 24 heavy (non-hydrogen) atoms. The highest BCUT2D eigenvalue weighted by atomic mass is 15.2. The van der Waals surface area contributed by atoms with Gasteiger partial charge in [-0.15, -0.1) is 0 Å². The summed E-state index contributed by atoms with van der Waals surface area (Å²) < 4.78 is 0. The molecule has 0 bridgehead atoms. The number of aromatic nitrogens is 2. The minimum Gasteiger partial charge on any atom is -0.327 e. The molecule has 1 aromatic heterocycles. The van der Waals surface area contributed by atoms with Crippen molar-refractivity contribution in [1.29, 1.82) is 0 Å². The first-order valence-electron chi connectivity index (χ1n) is 8.31. The zero-order valence-corrected chi connectivity index (χ0v) is 14.1. The summed E-state index contributed by atoms with van der Waals surface area (Å²) in [5.74, 6) is 1.48. The largest absolute Gasteiger partial charge is 0.327 e. The molecule has 1 N–H and O–H groups in total. The van der Waals surface area contributed by atoms with Crippen molar-refractivity contribution in [2.24, 2.45) is 0 Å². The van der Waals surface area contributed by atoms with Crippen molar-refractivity contribution >= 4 is 23.1 Å². The highest BCUT2D eigenvalue weighted by Gasteiger charge is 2.09. The molecule has 3 rings (SSSR count). The quantitative estimate of drug-likeness (QED) is 0.699. The van der Waals surface area contributed by atoms with Gasteiger partial charge in [0.15, 0.2) is 0 Å². The van der Waals surface area contributed by atoms with Crippen molar-refractivity contribution in [2.45, 2.75) is 20.3 Å². The Morgan fingerprint density at radius 2 is 1.67 bits per heavy atom. The average Bonchev–Trinajstić information content (AvgIpc) is 2.64. The van der Waals surface area contributed by atoms with Gasteiger partial charge in [0, 0.05) is 24.1 Å². The fraction of sp³-hybridized carbons (Fsp3) is 0.200. The van der Waals surface area contributed by atoms with Crippen LogP contribution in [0.15, 0.2) is 66.9 Å². The number of anilines is 4. The smallest absolute Gasteiger partial charge is 0.229 e. The zero-order valence-electron chi connectivity index (χ0n) is 14.1. The van der Waals surface area contributed by atoms with Crippen molar-refractivity contribution < 1.29 is 0 Å². The van der Waals surface area contributed by atoms with E-state index in [0.717, 1.165) is 30.2 Å². The van der Waals surface area contributed by atoms with Crippen LogP contribution in [-0.2, 0) is 6.42 Å². The first-order chi connectivity index (χ1) is 11.8. The van der Waals surface area contributed by atoms with Gasteiger partial charge in [0.05, 0.1) is 0 Å². The number of aryl methyl sites for hydroxylation is 1. The lowest BCUT2D eigenvalue weighted by molar-refractivity contribution is 0.979. The number of rotatable bonds is 6. The molecule has 0 aliphatic heterocycles. The maximum atomic E-state index is 4.66. The molecule has 0 fully saturated rings. The van der Waals surface area contributed by atoms with Crippen LogP contribution in [0.3, 0.4) is 0 Å². The Balaban J connectivity index is 1.82. The van der Waals surface area contributed by atoms with E-state index in [1.54, 1.807) is 6.20 Å². The van der Waals surface area contributed by atoms with E-state index >= 15 is 0 Å². The van der Waals surface area contributed by atoms with Gasteiger partial charge >= 0.3 is 0 Å². The zero-order chi connectivity index (χ0) is 16.8. The molecule has 0 spiro atoms. The van der Waals surface area contributed by atoms with Crippen LogP contribution in [0, 0.1) is 0 Å². The molecule has 1 heterocycles. The fourth-order valence-electron chi connectivity index (χ4n) is 2.60. The predicted octanol–water partition coefficient (Wildman–Crippen LogP) is 4.94. The van der Waals surface area contributed by atoms with Crippen LogP contribution in [0.5, 0.6) is 0 Å². The molecule has 0 saturated carbocycles. The second kappa shape index (κ2) is 7.59. The van der Waals surface area contributed by atoms with Gasteiger partial charge in [-0.25, -0.2) is 4.98 Å². The number of para-hydroxylation sites is 1. The Morgan fingerprint density at radius 3 is 2.33 bits per heavy atom. The van der Waals surface area contributed by atoms with E-state index in [4.69, 9.17) is 0 Å². The van der Waals surface area contributed by atoms with E-state index in [1.165, 1.54) is 5.56 Å². The van der Waals surface area contributed by atoms with Crippen molar-refractivity contribution in [3.05, 3.63) is 72.4 Å². The monoisotopic (exact) mass is 318 g/mol. The van der Waals surface area contributed by atoms with Gasteiger partial charge in [-0.1, -0.05) is 37.3 Å². The van der Waals surface area contributed by atoms with E-state index in [-0.39, 0.29) is 0 Å². The van der Waals surface area contributed by atoms with E-state index < -0.39 is 0 Å². The highest BCUT2D eigenvalue weighted by molar-refractivity contribution is 5.62. The minimum atomic E-state index is 0.603. The number of hydrogen-bond donors (Lipinski definition) is 1. The standard InChI is InChI=1S/C20H22N4/c1-3-16-10-12-17(13-11-16)22-20-21-15-14-19(23-20)24(4-2)18-8-6-5-7-9-18/h5-15H,3-4H2,1-2H3,(H,21,22,23). The van der Waals surface area contributed by atoms with Crippen LogP contribution in [0.25, 0.3) is 0 Å². The minimum absolute atomic E-state index is 0.603. The Morgan fingerprint density at radius 1 is 0.917 bits per heavy atom. The number of nitrogens with one attached hydrogen (secondary N) is 1. The molecule has 0 atom stereocenters. The molecule has 0 radical (unpaired) electrons. The Labute approximate surface area is 143 Å². The van der Waals surface area contributed by atoms with Crippen LogP contribution < -0.4 is 10.2 Å². The van der Waals surface area contributed by atoms with Crippen molar-refractivity contribution in [2.75, 3.05) is 16.8 Å². The third-order valence-electron chi connectivity index (χ3n) is 3.92. The Hall–Kier alpha value is -2.88. The predicted molar refractivity (Wildman–Crippen MR) is 100 cm³/mol. The first kappa shape index (κ1) is 16.0. The highest BCUT2D eigenvalue weighted by Crippen LogP contribution is 2.24. The maximum Gasteiger partial charge on any atom is 0.229 e. The molecule has 0 aliphatic carbocycles. The Bertz CT molecular complexity index is 769. The van der Waals surface area contributed by atoms with Gasteiger partial charge in [-0.3, -0.25) is 0 Å². The molecule has 4 nitrogen and oxygen atoms in total. The summed E-state index contributed by atoms with van der Waals surface area (Å²) in [5.41, 5.74) is 3.43. The van der Waals surface area contributed by atoms with Crippen LogP contribution in [0.4, 0.5) is 23.1 Å². The van der Waals surface area contributed by atoms with Gasteiger partial charge in [-0.2, -0.15) is 4.98 Å². The SMILES string of the molecule is CCc1ccc(Nc2nccc(N(CC)c3ccccc3)n2)cc1. The van der Waals surface area contributed by atoms with Crippen LogP contribution >= 0.6 is 0 Å². The summed E-state index contributed by atoms with van der Waals surface area (Å²) in [6, 6.07) is 20.5. The van der Waals surface area contributed by atoms with E-state index in [9.17, 15) is 0 Å². The summed E-state index contributed by atoms with van der Waals surface area (Å²) in [7, 11) is 0. The van der Waals surface area contributed by atoms with Crippen molar-refractivity contribution in [3.8, 4) is 0 Å². The summed E-state index contributed by atoms with van der Waals surface area (Å²) in [6.45, 7) is 5.11. The van der Waals surface area contributed by atoms with Gasteiger partial charge < -0.3 is 10.2 Å². The van der Waals surface area contributed by atoms with Crippen molar-refractivity contribution in [3.63, 3.8) is 0 Å². The molecule has 4 heteroatoms. The second-order valence-corrected chi connectivity index (χ2v) is 5.49. The third kappa shape index (κ3) is 3.71. The summed E-state index contributed by atoms with van der Waals surface area (Å²) in [4.78, 5) is 11.2. The maximum absolute atomic E-state index is 4.66. The summed E-state index contributed by atoms with van der Waals surface area (Å²) in [5, 5.41) is 3.28. The van der Waals surface area contributed by atoms with E-state index in [1.807, 2.05) is 24.3 Å². The molecular weight excluding hydrogens is 296 g/mol. The Kier molecular flexibility index (Phi) is 5.06. The lowest BCUT2D eigenvalue weighted by Gasteiger charge is -2.22. The summed E-state index contributed by atoms with van der Waals surface area (Å²) >= 11 is 0. The molecule has 0 amide bonds. The number of nitrogens with zero attached hydrogens (tertiary/aromatic N) is 3. The van der Waals surface area contributed by atoms with Gasteiger partial charge in [0.25, 0.3) is 0 Å². The number of benzene rings is 2. The molecule has 0 aliphatic rings. The molecule has 3 aromatic rings. The summed E-state index contributed by atoms with van der Waals surface area (Å²) in [6.07, 6.45) is 2.82. The van der Waals surface area contributed by atoms with Gasteiger partial charge in [0.2, 0.25) is 5.95 Å². The second-order valence-electron chi connectivity index (χ2n) is 5.49. The molecule has 0 saturated heterocycles. The fourth-order valence-corrected chi connectivity index (χ4v) is 2.60. The molecule has 0 unspecified atom stereocenters. The molecular formula is C20H22N4. The average molecular weight is 318 g/mol. The van der Waals surface area contributed by atoms with Crippen molar-refractivity contribution in [1.82, 2.24) is 9.97 Å². The van der Waals surface area contributed by atoms with Crippen LogP contribution in [-0.4, -0.2) is 16.5 Å². The molecule has 2 aromatic carbocycles. The van der Waals surface area contributed by atoms with Gasteiger partial charge in [0.1, 0.15) is 5.82 Å². The lowest BCUT2D eigenvalue weighted by Crippen LogP contribution is -2.17. The van der Waals surface area contributed by atoms with Gasteiger partial charge in [-0.05, 0) is 49.2 Å². The van der Waals surface area contributed by atoms with Crippen LogP contribution in [0.1, 0.15) is 19.4 Å². The lowest BCUT2D eigenvalue weighted by atomic mass is 10.1. The van der Waals surface area contributed by atoms with E-state index in [0.29, 0.717) is 5.95 Å². The molecule has 122 valence electrons. The van der Waals surface area contributed by atoms with Crippen LogP contribution in [0.2, 0.25) is 0 Å². The topological polar surface area (TPSA) is 41.1 Å².